The molecule has 0 unspecified atom stereocenters. The van der Waals surface area contributed by atoms with Crippen molar-refractivity contribution in [2.75, 3.05) is 40.5 Å². The van der Waals surface area contributed by atoms with Gasteiger partial charge in [0, 0.05) is 31.9 Å². The molecule has 5 heteroatoms. The Labute approximate surface area is 138 Å². The monoisotopic (exact) mass is 321 g/mol. The number of aryl methyl sites for hydroxylation is 1. The molecule has 0 aromatic heterocycles. The summed E-state index contributed by atoms with van der Waals surface area (Å²) in [5, 5.41) is 0. The third-order valence-electron chi connectivity index (χ3n) is 4.03. The standard InChI is InChI=1S/C18H27NO4/c1-4-10-23-11-5-7-14-12-15(18(20)19-8-6-9-19)13-16(21-2)17(14)22-3/h12-13H,4-11H2,1-3H3. The Morgan fingerprint density at radius 3 is 2.52 bits per heavy atom. The molecule has 2 rings (SSSR count). The number of rotatable bonds is 9. The smallest absolute Gasteiger partial charge is 0.254 e. The minimum Gasteiger partial charge on any atom is -0.493 e. The lowest BCUT2D eigenvalue weighted by Crippen LogP contribution is -2.42. The average molecular weight is 321 g/mol. The predicted molar refractivity (Wildman–Crippen MR) is 89.5 cm³/mol. The first-order valence-electron chi connectivity index (χ1n) is 8.33. The van der Waals surface area contributed by atoms with Gasteiger partial charge >= 0.3 is 0 Å². The lowest BCUT2D eigenvalue weighted by molar-refractivity contribution is 0.0651. The van der Waals surface area contributed by atoms with E-state index in [9.17, 15) is 4.79 Å². The first-order valence-corrected chi connectivity index (χ1v) is 8.33. The summed E-state index contributed by atoms with van der Waals surface area (Å²) in [5.74, 6) is 1.40. The van der Waals surface area contributed by atoms with E-state index in [1.165, 1.54) is 0 Å². The fraction of sp³-hybridized carbons (Fsp3) is 0.611. The van der Waals surface area contributed by atoms with E-state index in [0.717, 1.165) is 50.9 Å². The third-order valence-corrected chi connectivity index (χ3v) is 4.03. The molecule has 0 bridgehead atoms. The molecule has 0 spiro atoms. The summed E-state index contributed by atoms with van der Waals surface area (Å²) in [7, 11) is 3.23. The number of ether oxygens (including phenoxy) is 3. The Kier molecular flexibility index (Phi) is 6.71. The summed E-state index contributed by atoms with van der Waals surface area (Å²) < 4.78 is 16.4. The molecule has 5 nitrogen and oxygen atoms in total. The van der Waals surface area contributed by atoms with Crippen LogP contribution in [-0.2, 0) is 11.2 Å². The summed E-state index contributed by atoms with van der Waals surface area (Å²) >= 11 is 0. The van der Waals surface area contributed by atoms with Crippen LogP contribution in [-0.4, -0.2) is 51.3 Å². The van der Waals surface area contributed by atoms with Gasteiger partial charge in [-0.25, -0.2) is 0 Å². The summed E-state index contributed by atoms with van der Waals surface area (Å²) in [6, 6.07) is 3.71. The lowest BCUT2D eigenvalue weighted by Gasteiger charge is -2.31. The molecule has 1 aliphatic heterocycles. The first-order chi connectivity index (χ1) is 11.2. The van der Waals surface area contributed by atoms with Gasteiger partial charge in [-0.3, -0.25) is 4.79 Å². The average Bonchev–Trinajstić information content (AvgIpc) is 2.52. The Hall–Kier alpha value is -1.75. The third kappa shape index (κ3) is 4.38. The number of benzene rings is 1. The quantitative estimate of drug-likeness (QED) is 0.656. The molecule has 0 atom stereocenters. The van der Waals surface area contributed by atoms with Crippen LogP contribution in [0.1, 0.15) is 42.1 Å². The number of hydrogen-bond donors (Lipinski definition) is 0. The van der Waals surface area contributed by atoms with Crippen LogP contribution in [0, 0.1) is 0 Å². The highest BCUT2D eigenvalue weighted by molar-refractivity contribution is 5.95. The molecule has 23 heavy (non-hydrogen) atoms. The van der Waals surface area contributed by atoms with Crippen LogP contribution in [0.3, 0.4) is 0 Å². The van der Waals surface area contributed by atoms with E-state index >= 15 is 0 Å². The maximum atomic E-state index is 12.5. The molecule has 0 radical (unpaired) electrons. The van der Waals surface area contributed by atoms with Gasteiger partial charge in [-0.15, -0.1) is 0 Å². The lowest BCUT2D eigenvalue weighted by atomic mass is 10.0. The summed E-state index contributed by atoms with van der Waals surface area (Å²) in [4.78, 5) is 14.3. The second-order valence-corrected chi connectivity index (χ2v) is 5.73. The maximum absolute atomic E-state index is 12.5. The van der Waals surface area contributed by atoms with Gasteiger partial charge in [0.2, 0.25) is 0 Å². The molecule has 128 valence electrons. The summed E-state index contributed by atoms with van der Waals surface area (Å²) in [6.45, 7) is 5.27. The summed E-state index contributed by atoms with van der Waals surface area (Å²) in [6.07, 6.45) is 3.79. The SMILES string of the molecule is CCCOCCCc1cc(C(=O)N2CCC2)cc(OC)c1OC. The minimum atomic E-state index is 0.0701. The van der Waals surface area contributed by atoms with Crippen LogP contribution in [0.25, 0.3) is 0 Å². The van der Waals surface area contributed by atoms with Gasteiger partial charge in [-0.05, 0) is 43.4 Å². The van der Waals surface area contributed by atoms with Crippen molar-refractivity contribution in [3.05, 3.63) is 23.3 Å². The van der Waals surface area contributed by atoms with Crippen molar-refractivity contribution in [3.8, 4) is 11.5 Å². The van der Waals surface area contributed by atoms with E-state index in [0.29, 0.717) is 23.7 Å². The minimum absolute atomic E-state index is 0.0701. The van der Waals surface area contributed by atoms with Crippen molar-refractivity contribution in [2.45, 2.75) is 32.6 Å². The van der Waals surface area contributed by atoms with E-state index in [1.807, 2.05) is 11.0 Å². The van der Waals surface area contributed by atoms with Crippen molar-refractivity contribution in [1.29, 1.82) is 0 Å². The fourth-order valence-corrected chi connectivity index (χ4v) is 2.67. The van der Waals surface area contributed by atoms with E-state index in [-0.39, 0.29) is 5.91 Å². The van der Waals surface area contributed by atoms with Crippen LogP contribution >= 0.6 is 0 Å². The number of amides is 1. The van der Waals surface area contributed by atoms with Gasteiger partial charge in [-0.2, -0.15) is 0 Å². The zero-order chi connectivity index (χ0) is 16.7. The van der Waals surface area contributed by atoms with E-state index in [4.69, 9.17) is 14.2 Å². The molecular formula is C18H27NO4. The highest BCUT2D eigenvalue weighted by Crippen LogP contribution is 2.34. The van der Waals surface area contributed by atoms with Crippen molar-refractivity contribution in [2.24, 2.45) is 0 Å². The molecule has 1 aromatic carbocycles. The van der Waals surface area contributed by atoms with Gasteiger partial charge in [0.05, 0.1) is 14.2 Å². The number of carbonyl (C=O) groups is 1. The Bertz CT molecular complexity index is 526. The molecule has 1 saturated heterocycles. The van der Waals surface area contributed by atoms with Crippen LogP contribution < -0.4 is 9.47 Å². The predicted octanol–water partition coefficient (Wildman–Crippen LogP) is 2.91. The number of likely N-dealkylation sites (tertiary alicyclic amines) is 1. The first kappa shape index (κ1) is 17.6. The molecule has 1 heterocycles. The largest absolute Gasteiger partial charge is 0.493 e. The molecule has 1 aromatic rings. The van der Waals surface area contributed by atoms with Crippen molar-refractivity contribution in [3.63, 3.8) is 0 Å². The number of carbonyl (C=O) groups excluding carboxylic acids is 1. The zero-order valence-electron chi connectivity index (χ0n) is 14.4. The molecule has 1 aliphatic rings. The van der Waals surface area contributed by atoms with Crippen LogP contribution in [0.2, 0.25) is 0 Å². The van der Waals surface area contributed by atoms with Crippen molar-refractivity contribution in [1.82, 2.24) is 4.90 Å². The Morgan fingerprint density at radius 1 is 1.17 bits per heavy atom. The molecule has 1 fully saturated rings. The van der Waals surface area contributed by atoms with Gasteiger partial charge in [-0.1, -0.05) is 6.92 Å². The van der Waals surface area contributed by atoms with E-state index in [2.05, 4.69) is 6.92 Å². The molecule has 0 saturated carbocycles. The van der Waals surface area contributed by atoms with Gasteiger partial charge in [0.1, 0.15) is 0 Å². The van der Waals surface area contributed by atoms with Crippen LogP contribution in [0.4, 0.5) is 0 Å². The number of hydrogen-bond acceptors (Lipinski definition) is 4. The molecule has 1 amide bonds. The Morgan fingerprint density at radius 2 is 1.96 bits per heavy atom. The van der Waals surface area contributed by atoms with E-state index < -0.39 is 0 Å². The van der Waals surface area contributed by atoms with Crippen LogP contribution in [0.15, 0.2) is 12.1 Å². The molecule has 0 aliphatic carbocycles. The second kappa shape index (κ2) is 8.77. The van der Waals surface area contributed by atoms with Crippen molar-refractivity contribution >= 4 is 5.91 Å². The second-order valence-electron chi connectivity index (χ2n) is 5.73. The van der Waals surface area contributed by atoms with Gasteiger partial charge < -0.3 is 19.1 Å². The Balaban J connectivity index is 2.14. The topological polar surface area (TPSA) is 48.0 Å². The highest BCUT2D eigenvalue weighted by Gasteiger charge is 2.24. The van der Waals surface area contributed by atoms with Gasteiger partial charge in [0.25, 0.3) is 5.91 Å². The van der Waals surface area contributed by atoms with Crippen molar-refractivity contribution < 1.29 is 19.0 Å². The fourth-order valence-electron chi connectivity index (χ4n) is 2.67. The highest BCUT2D eigenvalue weighted by atomic mass is 16.5. The van der Waals surface area contributed by atoms with Crippen LogP contribution in [0.5, 0.6) is 11.5 Å². The zero-order valence-corrected chi connectivity index (χ0v) is 14.4. The molecular weight excluding hydrogens is 294 g/mol. The normalized spacial score (nSPS) is 13.6. The number of nitrogens with zero attached hydrogens (tertiary/aromatic N) is 1. The van der Waals surface area contributed by atoms with E-state index in [1.54, 1.807) is 20.3 Å². The maximum Gasteiger partial charge on any atom is 0.254 e. The summed E-state index contributed by atoms with van der Waals surface area (Å²) in [5.41, 5.74) is 1.67. The number of methoxy groups -OCH3 is 2. The van der Waals surface area contributed by atoms with Gasteiger partial charge in [0.15, 0.2) is 11.5 Å². The molecule has 0 N–H and O–H groups in total.